The lowest BCUT2D eigenvalue weighted by atomic mass is 10.0. The van der Waals surface area contributed by atoms with Gasteiger partial charge in [0.2, 0.25) is 0 Å². The number of hydrogen-bond acceptors (Lipinski definition) is 1. The first-order chi connectivity index (χ1) is 9.42. The molecule has 0 spiro atoms. The van der Waals surface area contributed by atoms with Gasteiger partial charge in [-0.05, 0) is 35.4 Å². The van der Waals surface area contributed by atoms with Crippen molar-refractivity contribution in [3.63, 3.8) is 0 Å². The van der Waals surface area contributed by atoms with Crippen LogP contribution in [0.25, 0.3) is 10.8 Å². The summed E-state index contributed by atoms with van der Waals surface area (Å²) < 4.78 is 0. The van der Waals surface area contributed by atoms with Crippen LogP contribution in [0.15, 0.2) is 54.7 Å². The van der Waals surface area contributed by atoms with Gasteiger partial charge in [-0.15, -0.1) is 0 Å². The average Bonchev–Trinajstić information content (AvgIpc) is 2.46. The first-order valence-corrected chi connectivity index (χ1v) is 7.27. The van der Waals surface area contributed by atoms with Gasteiger partial charge in [0.15, 0.2) is 0 Å². The summed E-state index contributed by atoms with van der Waals surface area (Å²) in [6.07, 6.45) is 9.42. The number of allylic oxidation sites excluding steroid dienone is 1. The van der Waals surface area contributed by atoms with Gasteiger partial charge in [-0.3, -0.25) is 0 Å². The molecule has 0 bridgehead atoms. The van der Waals surface area contributed by atoms with Crippen molar-refractivity contribution in [1.29, 1.82) is 0 Å². The minimum atomic E-state index is 0.894. The van der Waals surface area contributed by atoms with Crippen molar-refractivity contribution in [2.45, 2.75) is 39.2 Å². The maximum atomic E-state index is 3.39. The fourth-order valence-corrected chi connectivity index (χ4v) is 2.29. The van der Waals surface area contributed by atoms with E-state index in [0.29, 0.717) is 0 Å². The summed E-state index contributed by atoms with van der Waals surface area (Å²) in [5.74, 6) is 0. The molecule has 2 aromatic rings. The second-order valence-corrected chi connectivity index (χ2v) is 4.92. The van der Waals surface area contributed by atoms with E-state index >= 15 is 0 Å². The molecule has 0 saturated heterocycles. The summed E-state index contributed by atoms with van der Waals surface area (Å²) in [7, 11) is 0. The standard InChI is InChI=1S/C18H23N/c1-2-3-4-5-8-14-19-15-17-12-9-11-16-10-6-7-13-18(16)17/h6-14,19H,2-5,15H2,1H3. The number of unbranched alkanes of at least 4 members (excludes halogenated alkanes) is 3. The predicted octanol–water partition coefficient (Wildman–Crippen LogP) is 5.02. The fourth-order valence-electron chi connectivity index (χ4n) is 2.29. The van der Waals surface area contributed by atoms with E-state index in [1.807, 2.05) is 0 Å². The van der Waals surface area contributed by atoms with Crippen LogP contribution in [-0.2, 0) is 6.54 Å². The largest absolute Gasteiger partial charge is 0.387 e. The van der Waals surface area contributed by atoms with Gasteiger partial charge in [-0.2, -0.15) is 0 Å². The molecule has 0 heterocycles. The lowest BCUT2D eigenvalue weighted by molar-refractivity contribution is 0.725. The molecule has 0 fully saturated rings. The van der Waals surface area contributed by atoms with E-state index in [9.17, 15) is 0 Å². The van der Waals surface area contributed by atoms with Crippen LogP contribution in [0.3, 0.4) is 0 Å². The van der Waals surface area contributed by atoms with Crippen LogP contribution in [0, 0.1) is 0 Å². The Balaban J connectivity index is 1.88. The van der Waals surface area contributed by atoms with E-state index < -0.39 is 0 Å². The lowest BCUT2D eigenvalue weighted by Crippen LogP contribution is -2.04. The molecule has 1 nitrogen and oxygen atoms in total. The van der Waals surface area contributed by atoms with Crippen molar-refractivity contribution >= 4 is 10.8 Å². The van der Waals surface area contributed by atoms with Gasteiger partial charge in [0.25, 0.3) is 0 Å². The van der Waals surface area contributed by atoms with Gasteiger partial charge >= 0.3 is 0 Å². The number of nitrogens with one attached hydrogen (secondary N) is 1. The summed E-state index contributed by atoms with van der Waals surface area (Å²) in [6, 6.07) is 15.0. The number of hydrogen-bond donors (Lipinski definition) is 1. The molecule has 100 valence electrons. The number of fused-ring (bicyclic) bond motifs is 1. The Bertz CT molecular complexity index is 523. The van der Waals surface area contributed by atoms with Crippen molar-refractivity contribution in [3.8, 4) is 0 Å². The Morgan fingerprint density at radius 1 is 1.00 bits per heavy atom. The minimum absolute atomic E-state index is 0.894. The summed E-state index contributed by atoms with van der Waals surface area (Å²) in [4.78, 5) is 0. The van der Waals surface area contributed by atoms with Gasteiger partial charge in [-0.25, -0.2) is 0 Å². The van der Waals surface area contributed by atoms with Gasteiger partial charge in [0.05, 0.1) is 0 Å². The smallest absolute Gasteiger partial charge is 0.0401 e. The van der Waals surface area contributed by atoms with Crippen LogP contribution in [0.1, 0.15) is 38.2 Å². The predicted molar refractivity (Wildman–Crippen MR) is 84.1 cm³/mol. The molecule has 1 N–H and O–H groups in total. The second-order valence-electron chi connectivity index (χ2n) is 4.92. The molecule has 2 aromatic carbocycles. The summed E-state index contributed by atoms with van der Waals surface area (Å²) >= 11 is 0. The molecule has 0 aliphatic carbocycles. The zero-order valence-electron chi connectivity index (χ0n) is 11.7. The van der Waals surface area contributed by atoms with Crippen LogP contribution in [0.5, 0.6) is 0 Å². The highest BCUT2D eigenvalue weighted by Gasteiger charge is 1.97. The van der Waals surface area contributed by atoms with Crippen molar-refractivity contribution in [3.05, 3.63) is 60.3 Å². The highest BCUT2D eigenvalue weighted by atomic mass is 14.8. The normalized spacial score (nSPS) is 11.2. The summed E-state index contributed by atoms with van der Waals surface area (Å²) in [6.45, 7) is 3.13. The Morgan fingerprint density at radius 3 is 2.74 bits per heavy atom. The Labute approximate surface area is 116 Å². The van der Waals surface area contributed by atoms with Crippen molar-refractivity contribution in [1.82, 2.24) is 5.32 Å². The van der Waals surface area contributed by atoms with Crippen LogP contribution in [0.2, 0.25) is 0 Å². The molecule has 0 atom stereocenters. The molecule has 0 radical (unpaired) electrons. The monoisotopic (exact) mass is 253 g/mol. The second kappa shape index (κ2) is 7.63. The SMILES string of the molecule is CCCCCC=CNCc1cccc2ccccc12. The third-order valence-corrected chi connectivity index (χ3v) is 3.38. The van der Waals surface area contributed by atoms with E-state index in [-0.39, 0.29) is 0 Å². The molecular formula is C18H23N. The lowest BCUT2D eigenvalue weighted by Gasteiger charge is -2.06. The van der Waals surface area contributed by atoms with Crippen molar-refractivity contribution < 1.29 is 0 Å². The van der Waals surface area contributed by atoms with Crippen LogP contribution >= 0.6 is 0 Å². The highest BCUT2D eigenvalue weighted by Crippen LogP contribution is 2.18. The third kappa shape index (κ3) is 4.13. The van der Waals surface area contributed by atoms with Crippen LogP contribution in [0.4, 0.5) is 0 Å². The van der Waals surface area contributed by atoms with Crippen LogP contribution < -0.4 is 5.32 Å². The average molecular weight is 253 g/mol. The van der Waals surface area contributed by atoms with Gasteiger partial charge in [0.1, 0.15) is 0 Å². The minimum Gasteiger partial charge on any atom is -0.387 e. The molecule has 0 aliphatic rings. The maximum Gasteiger partial charge on any atom is 0.0401 e. The first-order valence-electron chi connectivity index (χ1n) is 7.27. The Kier molecular flexibility index (Phi) is 5.49. The molecule has 1 heteroatoms. The highest BCUT2D eigenvalue weighted by molar-refractivity contribution is 5.85. The molecule has 0 saturated carbocycles. The molecular weight excluding hydrogens is 230 g/mol. The molecule has 0 amide bonds. The zero-order valence-corrected chi connectivity index (χ0v) is 11.7. The molecule has 2 rings (SSSR count). The quantitative estimate of drug-likeness (QED) is 0.683. The summed E-state index contributed by atoms with van der Waals surface area (Å²) in [5.41, 5.74) is 1.36. The third-order valence-electron chi connectivity index (χ3n) is 3.38. The number of rotatable bonds is 7. The maximum absolute atomic E-state index is 3.39. The van der Waals surface area contributed by atoms with E-state index in [2.05, 4.69) is 67.0 Å². The van der Waals surface area contributed by atoms with E-state index in [4.69, 9.17) is 0 Å². The van der Waals surface area contributed by atoms with E-state index in [0.717, 1.165) is 6.54 Å². The fraction of sp³-hybridized carbons (Fsp3) is 0.333. The van der Waals surface area contributed by atoms with Crippen molar-refractivity contribution in [2.24, 2.45) is 0 Å². The van der Waals surface area contributed by atoms with Crippen LogP contribution in [-0.4, -0.2) is 0 Å². The molecule has 19 heavy (non-hydrogen) atoms. The van der Waals surface area contributed by atoms with E-state index in [1.54, 1.807) is 0 Å². The molecule has 0 unspecified atom stereocenters. The topological polar surface area (TPSA) is 12.0 Å². The summed E-state index contributed by atoms with van der Waals surface area (Å²) in [5, 5.41) is 6.05. The Morgan fingerprint density at radius 2 is 1.84 bits per heavy atom. The molecule has 0 aromatic heterocycles. The van der Waals surface area contributed by atoms with Gasteiger partial charge in [0, 0.05) is 6.54 Å². The Hall–Kier alpha value is -1.76. The molecule has 0 aliphatic heterocycles. The van der Waals surface area contributed by atoms with Gasteiger partial charge in [-0.1, -0.05) is 68.3 Å². The first kappa shape index (κ1) is 13.7. The van der Waals surface area contributed by atoms with E-state index in [1.165, 1.54) is 42.0 Å². The van der Waals surface area contributed by atoms with Crippen molar-refractivity contribution in [2.75, 3.05) is 0 Å². The number of benzene rings is 2. The van der Waals surface area contributed by atoms with Gasteiger partial charge < -0.3 is 5.32 Å². The zero-order chi connectivity index (χ0) is 13.3.